The van der Waals surface area contributed by atoms with Gasteiger partial charge in [-0.15, -0.1) is 0 Å². The van der Waals surface area contributed by atoms with Gasteiger partial charge in [0.2, 0.25) is 0 Å². The average molecular weight is 101 g/mol. The second-order valence-electron chi connectivity index (χ2n) is 0. The summed E-state index contributed by atoms with van der Waals surface area (Å²) in [6.07, 6.45) is 0. The molecule has 0 aliphatic heterocycles. The Bertz CT molecular complexity index is 6.00. The smallest absolute Gasteiger partial charge is 2.00 e. The monoisotopic (exact) mass is 101 g/mol. The van der Waals surface area contributed by atoms with Crippen molar-refractivity contribution in [1.82, 2.24) is 0 Å². The molecule has 0 aromatic rings. The molecule has 0 radical (unpaired) electrons. The maximum atomic E-state index is 0. The van der Waals surface area contributed by atoms with Crippen molar-refractivity contribution in [3.8, 4) is 0 Å². The third-order valence-electron chi connectivity index (χ3n) is 0. The Kier molecular flexibility index (Phi) is 283. The van der Waals surface area contributed by atoms with E-state index in [4.69, 9.17) is 0 Å². The van der Waals surface area contributed by atoms with E-state index in [2.05, 4.69) is 0 Å². The molecule has 2 nitrogen and oxygen atoms in total. The molecule has 4 heavy (non-hydrogen) atoms. The van der Waals surface area contributed by atoms with Crippen molar-refractivity contribution < 1.29 is 36.8 Å². The van der Waals surface area contributed by atoms with Crippen molar-refractivity contribution in [2.45, 2.75) is 0 Å². The van der Waals surface area contributed by atoms with Gasteiger partial charge in [0.1, 0.15) is 0 Å². The van der Waals surface area contributed by atoms with Crippen LogP contribution in [0.15, 0.2) is 0 Å². The van der Waals surface area contributed by atoms with Gasteiger partial charge in [-0.1, -0.05) is 0 Å². The van der Waals surface area contributed by atoms with Crippen LogP contribution in [0.1, 0.15) is 0 Å². The van der Waals surface area contributed by atoms with Gasteiger partial charge < -0.3 is 11.0 Å². The van der Waals surface area contributed by atoms with E-state index in [0.717, 1.165) is 0 Å². The first-order valence-corrected chi connectivity index (χ1v) is 0. The quantitative estimate of drug-likeness (QED) is 0.365. The number of hydrogen-bond donors (Lipinski definition) is 0. The van der Waals surface area contributed by atoms with Gasteiger partial charge in [0.15, 0.2) is 0 Å². The molecule has 0 bridgehead atoms. The Morgan fingerprint density at radius 3 is 0.750 bits per heavy atom. The summed E-state index contributed by atoms with van der Waals surface area (Å²) in [5.41, 5.74) is 0. The standard InChI is InChI=1S/Mg.2O.Sc/q+2;2*-2;+3. The molecule has 0 saturated carbocycles. The molecule has 0 aliphatic rings. The summed E-state index contributed by atoms with van der Waals surface area (Å²) in [5.74, 6) is 0. The van der Waals surface area contributed by atoms with Gasteiger partial charge in [-0.05, 0) is 0 Å². The summed E-state index contributed by atoms with van der Waals surface area (Å²) >= 11 is 0. The zero-order chi connectivity index (χ0) is 0. The Morgan fingerprint density at radius 1 is 0.750 bits per heavy atom. The van der Waals surface area contributed by atoms with Crippen molar-refractivity contribution in [2.24, 2.45) is 0 Å². The van der Waals surface area contributed by atoms with Crippen LogP contribution in [-0.4, -0.2) is 23.1 Å². The maximum absolute atomic E-state index is 0. The summed E-state index contributed by atoms with van der Waals surface area (Å²) < 4.78 is 0. The maximum Gasteiger partial charge on any atom is 3.00 e. The molecule has 4 heteroatoms. The van der Waals surface area contributed by atoms with E-state index >= 15 is 0 Å². The zero-order valence-electron chi connectivity index (χ0n) is 2.10. The molecule has 0 N–H and O–H groups in total. The Hall–Kier alpha value is 1.56. The van der Waals surface area contributed by atoms with Gasteiger partial charge in [0.05, 0.1) is 0 Å². The molecule has 0 fully saturated rings. The van der Waals surface area contributed by atoms with Crippen LogP contribution in [0.25, 0.3) is 0 Å². The average Bonchev–Trinajstić information content (AvgIpc) is 0. The molecule has 0 heterocycles. The van der Waals surface area contributed by atoms with E-state index in [1.807, 2.05) is 0 Å². The van der Waals surface area contributed by atoms with Crippen LogP contribution in [0.4, 0.5) is 0 Å². The van der Waals surface area contributed by atoms with Crippen LogP contribution in [0.5, 0.6) is 0 Å². The molecule has 0 unspecified atom stereocenters. The third kappa shape index (κ3) is 9.59. The Balaban J connectivity index is 0. The predicted octanol–water partition coefficient (Wildman–Crippen LogP) is -0.621. The fourth-order valence-corrected chi connectivity index (χ4v) is 0. The summed E-state index contributed by atoms with van der Waals surface area (Å²) in [6.45, 7) is 0. The minimum Gasteiger partial charge on any atom is -2.00 e. The van der Waals surface area contributed by atoms with E-state index in [1.54, 1.807) is 0 Å². The Labute approximate surface area is 59.5 Å². The van der Waals surface area contributed by atoms with Crippen LogP contribution < -0.4 is 0 Å². The van der Waals surface area contributed by atoms with Gasteiger partial charge >= 0.3 is 48.9 Å². The van der Waals surface area contributed by atoms with E-state index < -0.39 is 0 Å². The third-order valence-corrected chi connectivity index (χ3v) is 0. The van der Waals surface area contributed by atoms with Crippen molar-refractivity contribution in [2.75, 3.05) is 0 Å². The molecule has 0 atom stereocenters. The van der Waals surface area contributed by atoms with E-state index in [0.29, 0.717) is 0 Å². The Morgan fingerprint density at radius 2 is 0.750 bits per heavy atom. The summed E-state index contributed by atoms with van der Waals surface area (Å²) in [7, 11) is 0. The fourth-order valence-electron chi connectivity index (χ4n) is 0. The molecule has 0 aliphatic carbocycles. The van der Waals surface area contributed by atoms with Crippen LogP contribution in [0.3, 0.4) is 0 Å². The van der Waals surface area contributed by atoms with Crippen LogP contribution in [0.2, 0.25) is 0 Å². The first-order chi connectivity index (χ1) is 0. The van der Waals surface area contributed by atoms with Gasteiger partial charge in [0, 0.05) is 0 Å². The molecule has 0 aromatic heterocycles. The summed E-state index contributed by atoms with van der Waals surface area (Å²) in [4.78, 5) is 0. The zero-order valence-corrected chi connectivity index (χ0v) is 5.32. The molecule has 16 valence electrons. The van der Waals surface area contributed by atoms with E-state index in [-0.39, 0.29) is 59.8 Å². The first-order valence-electron chi connectivity index (χ1n) is 0. The number of rotatable bonds is 0. The van der Waals surface area contributed by atoms with Crippen LogP contribution in [0, 0.1) is 0 Å². The van der Waals surface area contributed by atoms with E-state index in [1.165, 1.54) is 0 Å². The topological polar surface area (TPSA) is 57.0 Å². The summed E-state index contributed by atoms with van der Waals surface area (Å²) in [5, 5.41) is 0. The van der Waals surface area contributed by atoms with Gasteiger partial charge in [-0.25, -0.2) is 0 Å². The molecule has 0 saturated heterocycles. The first kappa shape index (κ1) is 47.6. The fraction of sp³-hybridized carbons (Fsp3) is 0. The molecule has 0 amide bonds. The van der Waals surface area contributed by atoms with Crippen molar-refractivity contribution >= 4 is 23.1 Å². The predicted molar refractivity (Wildman–Crippen MR) is 7.13 cm³/mol. The van der Waals surface area contributed by atoms with Crippen LogP contribution >= 0.6 is 0 Å². The van der Waals surface area contributed by atoms with Crippen molar-refractivity contribution in [3.05, 3.63) is 0 Å². The minimum absolute atomic E-state index is 0. The van der Waals surface area contributed by atoms with Gasteiger partial charge in [0.25, 0.3) is 0 Å². The number of hydrogen-bond acceptors (Lipinski definition) is 0. The normalized spacial score (nSPS) is 0. The minimum atomic E-state index is 0. The van der Waals surface area contributed by atoms with E-state index in [9.17, 15) is 0 Å². The van der Waals surface area contributed by atoms with Gasteiger partial charge in [-0.2, -0.15) is 0 Å². The largest absolute Gasteiger partial charge is 3.00 e. The van der Waals surface area contributed by atoms with Crippen molar-refractivity contribution in [1.29, 1.82) is 0 Å². The molecule has 0 rings (SSSR count). The van der Waals surface area contributed by atoms with Gasteiger partial charge in [-0.3, -0.25) is 0 Å². The van der Waals surface area contributed by atoms with Crippen molar-refractivity contribution in [3.63, 3.8) is 0 Å². The molecule has 0 spiro atoms. The SMILES string of the molecule is [Mg+2].[O-2].[O-2].[Sc+3]. The second-order valence-corrected chi connectivity index (χ2v) is 0. The van der Waals surface area contributed by atoms with Crippen LogP contribution in [-0.2, 0) is 36.8 Å². The second kappa shape index (κ2) is 23.8. The molecular weight excluding hydrogens is 101 g/mol. The summed E-state index contributed by atoms with van der Waals surface area (Å²) in [6, 6.07) is 0. The molecular formula is MgO2Sc+. The molecule has 0 aromatic carbocycles.